The summed E-state index contributed by atoms with van der Waals surface area (Å²) in [5.41, 5.74) is 0.843. The summed E-state index contributed by atoms with van der Waals surface area (Å²) in [4.78, 5) is 0. The van der Waals surface area contributed by atoms with Gasteiger partial charge in [0.15, 0.2) is 5.82 Å². The number of hydrogen-bond acceptors (Lipinski definition) is 3. The summed E-state index contributed by atoms with van der Waals surface area (Å²) in [6.45, 7) is 0.449. The molecule has 1 heterocycles. The number of hydrogen-bond donors (Lipinski definition) is 0. The Morgan fingerprint density at radius 3 is 2.23 bits per heavy atom. The van der Waals surface area contributed by atoms with Crippen molar-refractivity contribution in [3.05, 3.63) is 65.7 Å². The first-order chi connectivity index (χ1) is 10.5. The smallest absolute Gasteiger partial charge is 0.221 e. The number of nitrogens with zero attached hydrogens (tertiary/aromatic N) is 4. The van der Waals surface area contributed by atoms with Crippen LogP contribution in [0.25, 0.3) is 11.4 Å². The van der Waals surface area contributed by atoms with Crippen LogP contribution in [0.2, 0.25) is 0 Å². The number of aromatic nitrogens is 4. The third-order valence-electron chi connectivity index (χ3n) is 3.18. The summed E-state index contributed by atoms with van der Waals surface area (Å²) in [6, 6.07) is 14.4. The fourth-order valence-corrected chi connectivity index (χ4v) is 2.08. The molecule has 4 nitrogen and oxygen atoms in total. The maximum Gasteiger partial charge on any atom is 0.416 e. The molecule has 0 saturated heterocycles. The zero-order valence-corrected chi connectivity index (χ0v) is 11.3. The second-order valence-electron chi connectivity index (χ2n) is 4.72. The van der Waals surface area contributed by atoms with Crippen molar-refractivity contribution >= 4 is 0 Å². The predicted molar refractivity (Wildman–Crippen MR) is 73.8 cm³/mol. The van der Waals surface area contributed by atoms with Crippen LogP contribution in [-0.2, 0) is 12.7 Å². The van der Waals surface area contributed by atoms with Crippen molar-refractivity contribution in [2.24, 2.45) is 0 Å². The topological polar surface area (TPSA) is 43.6 Å². The molecular formula is C15H11F3N4. The first-order valence-corrected chi connectivity index (χ1v) is 6.52. The lowest BCUT2D eigenvalue weighted by molar-refractivity contribution is -0.137. The van der Waals surface area contributed by atoms with E-state index in [4.69, 9.17) is 0 Å². The Morgan fingerprint density at radius 2 is 1.59 bits per heavy atom. The predicted octanol–water partition coefficient (Wildman–Crippen LogP) is 3.41. The zero-order chi connectivity index (χ0) is 15.6. The largest absolute Gasteiger partial charge is 0.416 e. The van der Waals surface area contributed by atoms with Gasteiger partial charge in [-0.15, -0.1) is 5.10 Å². The number of benzene rings is 2. The second-order valence-corrected chi connectivity index (χ2v) is 4.72. The van der Waals surface area contributed by atoms with Gasteiger partial charge >= 0.3 is 6.18 Å². The molecule has 0 amide bonds. The minimum atomic E-state index is -4.35. The first kappa shape index (κ1) is 14.2. The van der Waals surface area contributed by atoms with E-state index in [1.807, 2.05) is 30.3 Å². The van der Waals surface area contributed by atoms with Gasteiger partial charge in [0.25, 0.3) is 0 Å². The molecule has 22 heavy (non-hydrogen) atoms. The van der Waals surface area contributed by atoms with Crippen LogP contribution in [-0.4, -0.2) is 20.2 Å². The van der Waals surface area contributed by atoms with E-state index in [0.29, 0.717) is 17.9 Å². The fraction of sp³-hybridized carbons (Fsp3) is 0.133. The summed E-state index contributed by atoms with van der Waals surface area (Å²) >= 11 is 0. The molecule has 0 unspecified atom stereocenters. The molecule has 0 aliphatic rings. The van der Waals surface area contributed by atoms with Gasteiger partial charge in [-0.1, -0.05) is 42.5 Å². The Balaban J connectivity index is 1.89. The van der Waals surface area contributed by atoms with Gasteiger partial charge in [-0.05, 0) is 28.1 Å². The summed E-state index contributed by atoms with van der Waals surface area (Å²) in [5.74, 6) is 0.428. The van der Waals surface area contributed by atoms with Crippen molar-refractivity contribution in [2.45, 2.75) is 12.7 Å². The first-order valence-electron chi connectivity index (χ1n) is 6.52. The molecule has 0 spiro atoms. The summed E-state index contributed by atoms with van der Waals surface area (Å²) in [7, 11) is 0. The third kappa shape index (κ3) is 2.98. The van der Waals surface area contributed by atoms with Gasteiger partial charge < -0.3 is 0 Å². The average Bonchev–Trinajstić information content (AvgIpc) is 2.96. The lowest BCUT2D eigenvalue weighted by Crippen LogP contribution is -2.06. The van der Waals surface area contributed by atoms with Gasteiger partial charge in [-0.25, -0.2) is 4.68 Å². The van der Waals surface area contributed by atoms with E-state index in [1.54, 1.807) is 4.68 Å². The number of tetrazole rings is 1. The molecular weight excluding hydrogens is 293 g/mol. The number of halogens is 3. The van der Waals surface area contributed by atoms with Crippen LogP contribution < -0.4 is 0 Å². The Morgan fingerprint density at radius 1 is 0.909 bits per heavy atom. The molecule has 7 heteroatoms. The van der Waals surface area contributed by atoms with E-state index < -0.39 is 11.7 Å². The number of rotatable bonds is 3. The van der Waals surface area contributed by atoms with Gasteiger partial charge in [0.1, 0.15) is 0 Å². The van der Waals surface area contributed by atoms with Crippen molar-refractivity contribution in [1.82, 2.24) is 20.2 Å². The van der Waals surface area contributed by atoms with Crippen LogP contribution >= 0.6 is 0 Å². The Kier molecular flexibility index (Phi) is 3.62. The van der Waals surface area contributed by atoms with E-state index in [-0.39, 0.29) is 0 Å². The highest BCUT2D eigenvalue weighted by Gasteiger charge is 2.30. The van der Waals surface area contributed by atoms with E-state index in [9.17, 15) is 13.2 Å². The van der Waals surface area contributed by atoms with Crippen molar-refractivity contribution < 1.29 is 13.2 Å². The van der Waals surface area contributed by atoms with Crippen LogP contribution in [0.4, 0.5) is 13.2 Å². The van der Waals surface area contributed by atoms with Crippen LogP contribution in [0.1, 0.15) is 11.1 Å². The monoisotopic (exact) mass is 304 g/mol. The highest BCUT2D eigenvalue weighted by atomic mass is 19.4. The van der Waals surface area contributed by atoms with Crippen LogP contribution in [0, 0.1) is 0 Å². The highest BCUT2D eigenvalue weighted by Crippen LogP contribution is 2.30. The molecule has 0 bridgehead atoms. The van der Waals surface area contributed by atoms with Gasteiger partial charge in [-0.2, -0.15) is 13.2 Å². The van der Waals surface area contributed by atoms with E-state index in [2.05, 4.69) is 15.5 Å². The average molecular weight is 304 g/mol. The van der Waals surface area contributed by atoms with Gasteiger partial charge in [0, 0.05) is 5.56 Å². The molecule has 3 rings (SSSR count). The van der Waals surface area contributed by atoms with Crippen LogP contribution in [0.5, 0.6) is 0 Å². The van der Waals surface area contributed by atoms with Gasteiger partial charge in [0.05, 0.1) is 12.1 Å². The molecule has 0 fully saturated rings. The second kappa shape index (κ2) is 5.59. The van der Waals surface area contributed by atoms with Crippen LogP contribution in [0.3, 0.4) is 0 Å². The minimum Gasteiger partial charge on any atom is -0.221 e. The maximum absolute atomic E-state index is 12.6. The maximum atomic E-state index is 12.6. The quantitative estimate of drug-likeness (QED) is 0.745. The molecule has 112 valence electrons. The fourth-order valence-electron chi connectivity index (χ4n) is 2.08. The molecule has 0 aliphatic heterocycles. The molecule has 0 atom stereocenters. The lowest BCUT2D eigenvalue weighted by atomic mass is 10.1. The summed E-state index contributed by atoms with van der Waals surface area (Å²) in [5, 5.41) is 11.4. The molecule has 0 aliphatic carbocycles. The third-order valence-corrected chi connectivity index (χ3v) is 3.18. The zero-order valence-electron chi connectivity index (χ0n) is 11.3. The molecule has 0 saturated carbocycles. The molecule has 3 aromatic rings. The van der Waals surface area contributed by atoms with Gasteiger partial charge in [0.2, 0.25) is 0 Å². The highest BCUT2D eigenvalue weighted by molar-refractivity contribution is 5.55. The van der Waals surface area contributed by atoms with Crippen molar-refractivity contribution in [3.63, 3.8) is 0 Å². The molecule has 0 radical (unpaired) electrons. The normalized spacial score (nSPS) is 11.6. The minimum absolute atomic E-state index is 0.428. The number of alkyl halides is 3. The van der Waals surface area contributed by atoms with E-state index in [0.717, 1.165) is 17.7 Å². The standard InChI is InChI=1S/C15H11F3N4/c16-15(17,18)13-8-6-12(7-9-13)14-19-20-21-22(14)10-11-4-2-1-3-5-11/h1-9H,10H2. The van der Waals surface area contributed by atoms with Gasteiger partial charge in [-0.3, -0.25) is 0 Å². The summed E-state index contributed by atoms with van der Waals surface area (Å²) < 4.78 is 39.3. The Bertz CT molecular complexity index is 748. The SMILES string of the molecule is FC(F)(F)c1ccc(-c2nnnn2Cc2ccccc2)cc1. The van der Waals surface area contributed by atoms with Crippen molar-refractivity contribution in [3.8, 4) is 11.4 Å². The lowest BCUT2D eigenvalue weighted by Gasteiger charge is -2.08. The molecule has 2 aromatic carbocycles. The van der Waals surface area contributed by atoms with E-state index in [1.165, 1.54) is 12.1 Å². The van der Waals surface area contributed by atoms with Crippen LogP contribution in [0.15, 0.2) is 54.6 Å². The molecule has 1 aromatic heterocycles. The summed E-state index contributed by atoms with van der Waals surface area (Å²) in [6.07, 6.45) is -4.35. The van der Waals surface area contributed by atoms with Crippen molar-refractivity contribution in [2.75, 3.05) is 0 Å². The molecule has 0 N–H and O–H groups in total. The Labute approximate surface area is 124 Å². The van der Waals surface area contributed by atoms with E-state index >= 15 is 0 Å². The Hall–Kier alpha value is -2.70. The van der Waals surface area contributed by atoms with Crippen molar-refractivity contribution in [1.29, 1.82) is 0 Å².